The van der Waals surface area contributed by atoms with Crippen LogP contribution in [-0.2, 0) is 9.53 Å². The molecule has 1 aromatic carbocycles. The first-order valence-corrected chi connectivity index (χ1v) is 11.0. The molecule has 2 saturated heterocycles. The molecule has 2 atom stereocenters. The van der Waals surface area contributed by atoms with Crippen molar-refractivity contribution in [3.63, 3.8) is 0 Å². The lowest BCUT2D eigenvalue weighted by Crippen LogP contribution is -2.53. The van der Waals surface area contributed by atoms with Crippen molar-refractivity contribution in [3.8, 4) is 0 Å². The van der Waals surface area contributed by atoms with Gasteiger partial charge in [0.2, 0.25) is 5.91 Å². The Labute approximate surface area is 176 Å². The number of hydrogen-bond donors (Lipinski definition) is 1. The molecule has 3 heterocycles. The zero-order chi connectivity index (χ0) is 20.5. The zero-order valence-corrected chi connectivity index (χ0v) is 17.2. The van der Waals surface area contributed by atoms with Gasteiger partial charge in [-0.3, -0.25) is 14.7 Å². The summed E-state index contributed by atoms with van der Waals surface area (Å²) in [5.74, 6) is 1.10. The Morgan fingerprint density at radius 2 is 2.00 bits per heavy atom. The van der Waals surface area contributed by atoms with Gasteiger partial charge in [0, 0.05) is 49.5 Å². The summed E-state index contributed by atoms with van der Waals surface area (Å²) in [6, 6.07) is 7.27. The van der Waals surface area contributed by atoms with E-state index in [1.54, 1.807) is 6.20 Å². The van der Waals surface area contributed by atoms with Crippen molar-refractivity contribution >= 4 is 22.5 Å². The van der Waals surface area contributed by atoms with Crippen LogP contribution in [-0.4, -0.2) is 67.8 Å². The number of benzene rings is 1. The molecule has 6 nitrogen and oxygen atoms in total. The number of amides is 1. The van der Waals surface area contributed by atoms with Crippen molar-refractivity contribution < 1.29 is 13.9 Å². The molecular formula is C23H29FN4O2. The van der Waals surface area contributed by atoms with Crippen LogP contribution in [0.15, 0.2) is 30.5 Å². The molecular weight excluding hydrogens is 383 g/mol. The van der Waals surface area contributed by atoms with E-state index in [0.29, 0.717) is 31.2 Å². The Kier molecular flexibility index (Phi) is 5.56. The second-order valence-corrected chi connectivity index (χ2v) is 8.86. The molecule has 2 aliphatic heterocycles. The second-order valence-electron chi connectivity index (χ2n) is 8.86. The normalized spacial score (nSPS) is 25.4. The molecule has 3 aliphatic rings. The van der Waals surface area contributed by atoms with Gasteiger partial charge in [0.1, 0.15) is 11.3 Å². The monoisotopic (exact) mass is 412 g/mol. The van der Waals surface area contributed by atoms with Crippen molar-refractivity contribution in [2.75, 3.05) is 50.8 Å². The van der Waals surface area contributed by atoms with Gasteiger partial charge in [0.15, 0.2) is 0 Å². The van der Waals surface area contributed by atoms with Crippen molar-refractivity contribution in [2.45, 2.75) is 25.3 Å². The van der Waals surface area contributed by atoms with Gasteiger partial charge in [-0.1, -0.05) is 0 Å². The number of nitrogens with zero attached hydrogens (tertiary/aromatic N) is 3. The lowest BCUT2D eigenvalue weighted by Gasteiger charge is -2.40. The van der Waals surface area contributed by atoms with E-state index in [9.17, 15) is 9.18 Å². The average Bonchev–Trinajstić information content (AvgIpc) is 3.60. The Balaban J connectivity index is 1.33. The molecule has 160 valence electrons. The fourth-order valence-corrected chi connectivity index (χ4v) is 4.98. The molecule has 1 saturated carbocycles. The molecule has 30 heavy (non-hydrogen) atoms. The van der Waals surface area contributed by atoms with Crippen molar-refractivity contribution in [3.05, 3.63) is 36.3 Å². The van der Waals surface area contributed by atoms with Crippen LogP contribution in [0, 0.1) is 17.7 Å². The van der Waals surface area contributed by atoms with E-state index in [0.717, 1.165) is 49.6 Å². The van der Waals surface area contributed by atoms with E-state index in [-0.39, 0.29) is 17.8 Å². The smallest absolute Gasteiger partial charge is 0.234 e. The summed E-state index contributed by atoms with van der Waals surface area (Å²) >= 11 is 0. The molecule has 3 fully saturated rings. The molecule has 1 aliphatic carbocycles. The maximum absolute atomic E-state index is 14.3. The number of halogens is 1. The summed E-state index contributed by atoms with van der Waals surface area (Å²) in [7, 11) is 0. The minimum absolute atomic E-state index is 0.0870. The molecule has 5 rings (SSSR count). The van der Waals surface area contributed by atoms with Gasteiger partial charge in [0.05, 0.1) is 19.8 Å². The van der Waals surface area contributed by atoms with E-state index in [4.69, 9.17) is 4.74 Å². The zero-order valence-electron chi connectivity index (χ0n) is 17.2. The first kappa shape index (κ1) is 19.7. The largest absolute Gasteiger partial charge is 0.379 e. The molecule has 0 radical (unpaired) electrons. The average molecular weight is 413 g/mol. The van der Waals surface area contributed by atoms with Gasteiger partial charge in [0.25, 0.3) is 0 Å². The maximum Gasteiger partial charge on any atom is 0.234 e. The first-order valence-electron chi connectivity index (χ1n) is 11.0. The van der Waals surface area contributed by atoms with Crippen LogP contribution in [0.4, 0.5) is 10.1 Å². The second kappa shape index (κ2) is 8.47. The van der Waals surface area contributed by atoms with Crippen molar-refractivity contribution in [2.24, 2.45) is 11.8 Å². The van der Waals surface area contributed by atoms with Crippen LogP contribution >= 0.6 is 0 Å². The molecule has 0 unspecified atom stereocenters. The maximum atomic E-state index is 14.3. The molecule has 1 aromatic heterocycles. The van der Waals surface area contributed by atoms with Crippen LogP contribution in [0.1, 0.15) is 19.3 Å². The van der Waals surface area contributed by atoms with Crippen LogP contribution in [0.25, 0.3) is 10.9 Å². The minimum Gasteiger partial charge on any atom is -0.379 e. The summed E-state index contributed by atoms with van der Waals surface area (Å²) in [5, 5.41) is 4.13. The van der Waals surface area contributed by atoms with Crippen LogP contribution in [0.2, 0.25) is 0 Å². The standard InChI is InChI=1S/C23H29FN4O2/c24-20-5-6-21(19-2-1-7-25-23(19)20)28-13-17(16-3-4-16)12-18(14-28)26-22(29)15-27-8-10-30-11-9-27/h1-2,5-7,16-18H,3-4,8-15H2,(H,26,29)/t17-,18+/m0/s1. The third-order valence-corrected chi connectivity index (χ3v) is 6.65. The molecule has 0 bridgehead atoms. The summed E-state index contributed by atoms with van der Waals surface area (Å²) in [5.41, 5.74) is 1.42. The van der Waals surface area contributed by atoms with Gasteiger partial charge in [-0.15, -0.1) is 0 Å². The summed E-state index contributed by atoms with van der Waals surface area (Å²) in [6.07, 6.45) is 5.21. The lowest BCUT2D eigenvalue weighted by atomic mass is 9.89. The van der Waals surface area contributed by atoms with Gasteiger partial charge in [-0.05, 0) is 55.4 Å². The number of nitrogens with one attached hydrogen (secondary N) is 1. The summed E-state index contributed by atoms with van der Waals surface area (Å²) in [6.45, 7) is 5.13. The summed E-state index contributed by atoms with van der Waals surface area (Å²) in [4.78, 5) is 21.4. The Hall–Kier alpha value is -2.25. The first-order chi connectivity index (χ1) is 14.7. The fourth-order valence-electron chi connectivity index (χ4n) is 4.98. The number of carbonyl (C=O) groups is 1. The number of fused-ring (bicyclic) bond motifs is 1. The molecule has 1 N–H and O–H groups in total. The third-order valence-electron chi connectivity index (χ3n) is 6.65. The number of morpholine rings is 1. The number of piperidine rings is 1. The van der Waals surface area contributed by atoms with Crippen LogP contribution in [0.3, 0.4) is 0 Å². The Morgan fingerprint density at radius 3 is 2.80 bits per heavy atom. The van der Waals surface area contributed by atoms with Crippen molar-refractivity contribution in [1.82, 2.24) is 15.2 Å². The lowest BCUT2D eigenvalue weighted by molar-refractivity contribution is -0.124. The summed E-state index contributed by atoms with van der Waals surface area (Å²) < 4.78 is 19.6. The number of hydrogen-bond acceptors (Lipinski definition) is 5. The van der Waals surface area contributed by atoms with Gasteiger partial charge in [-0.2, -0.15) is 0 Å². The predicted molar refractivity (Wildman–Crippen MR) is 114 cm³/mol. The molecule has 1 amide bonds. The van der Waals surface area contributed by atoms with Crippen molar-refractivity contribution in [1.29, 1.82) is 0 Å². The number of carbonyl (C=O) groups excluding carboxylic acids is 1. The Morgan fingerprint density at radius 1 is 1.17 bits per heavy atom. The van der Waals surface area contributed by atoms with Gasteiger partial charge in [-0.25, -0.2) is 4.39 Å². The quantitative estimate of drug-likeness (QED) is 0.818. The SMILES string of the molecule is O=C(CN1CCOCC1)N[C@@H]1C[C@H](C2CC2)CN(c2ccc(F)c3ncccc23)C1. The van der Waals surface area contributed by atoms with Crippen LogP contribution in [0.5, 0.6) is 0 Å². The highest BCUT2D eigenvalue weighted by Crippen LogP contribution is 2.42. The number of pyridine rings is 1. The van der Waals surface area contributed by atoms with E-state index >= 15 is 0 Å². The molecule has 0 spiro atoms. The third kappa shape index (κ3) is 4.27. The number of anilines is 1. The highest BCUT2D eigenvalue weighted by molar-refractivity contribution is 5.92. The van der Waals surface area contributed by atoms with E-state index < -0.39 is 0 Å². The minimum atomic E-state index is -0.291. The predicted octanol–water partition coefficient (Wildman–Crippen LogP) is 2.43. The van der Waals surface area contributed by atoms with E-state index in [1.165, 1.54) is 18.9 Å². The number of ether oxygens (including phenoxy) is 1. The van der Waals surface area contributed by atoms with E-state index in [1.807, 2.05) is 18.2 Å². The number of aromatic nitrogens is 1. The fraction of sp³-hybridized carbons (Fsp3) is 0.565. The van der Waals surface area contributed by atoms with Gasteiger partial charge >= 0.3 is 0 Å². The number of rotatable bonds is 5. The van der Waals surface area contributed by atoms with E-state index in [2.05, 4.69) is 20.1 Å². The molecule has 7 heteroatoms. The highest BCUT2D eigenvalue weighted by Gasteiger charge is 2.38. The topological polar surface area (TPSA) is 57.7 Å². The highest BCUT2D eigenvalue weighted by atomic mass is 19.1. The molecule has 2 aromatic rings. The van der Waals surface area contributed by atoms with Crippen LogP contribution < -0.4 is 10.2 Å². The Bertz CT molecular complexity index is 913. The van der Waals surface area contributed by atoms with Gasteiger partial charge < -0.3 is 15.0 Å².